The van der Waals surface area contributed by atoms with Gasteiger partial charge in [0.05, 0.1) is 19.5 Å². The second-order valence-corrected chi connectivity index (χ2v) is 2.32. The Balaban J connectivity index is 2.64. The molecule has 0 aliphatic carbocycles. The van der Waals surface area contributed by atoms with Crippen LogP contribution in [0.1, 0.15) is 10.5 Å². The van der Waals surface area contributed by atoms with E-state index in [1.807, 2.05) is 0 Å². The summed E-state index contributed by atoms with van der Waals surface area (Å²) in [6.45, 7) is 0. The van der Waals surface area contributed by atoms with Gasteiger partial charge >= 0.3 is 5.97 Å². The third kappa shape index (κ3) is 1.12. The maximum Gasteiger partial charge on any atom is 0.356 e. The fourth-order valence-electron chi connectivity index (χ4n) is 1.01. The Morgan fingerprint density at radius 1 is 1.62 bits per heavy atom. The van der Waals surface area contributed by atoms with E-state index < -0.39 is 5.97 Å². The number of ether oxygens (including phenoxy) is 1. The summed E-state index contributed by atoms with van der Waals surface area (Å²) in [6, 6.07) is 0. The van der Waals surface area contributed by atoms with Gasteiger partial charge in [-0.05, 0) is 0 Å². The van der Waals surface area contributed by atoms with Crippen molar-refractivity contribution in [2.45, 2.75) is 0 Å². The zero-order chi connectivity index (χ0) is 9.26. The summed E-state index contributed by atoms with van der Waals surface area (Å²) in [4.78, 5) is 15.0. The molecular weight excluding hydrogens is 172 g/mol. The van der Waals surface area contributed by atoms with Crippen molar-refractivity contribution < 1.29 is 9.53 Å². The first-order valence-electron chi connectivity index (χ1n) is 3.56. The van der Waals surface area contributed by atoms with Gasteiger partial charge < -0.3 is 4.74 Å². The van der Waals surface area contributed by atoms with Crippen molar-refractivity contribution in [3.8, 4) is 0 Å². The number of nitrogens with zero attached hydrogens (tertiary/aromatic N) is 4. The Kier molecular flexibility index (Phi) is 1.66. The highest BCUT2D eigenvalue weighted by Crippen LogP contribution is 2.03. The fourth-order valence-corrected chi connectivity index (χ4v) is 1.01. The van der Waals surface area contributed by atoms with Crippen molar-refractivity contribution in [1.82, 2.24) is 19.6 Å². The number of aromatic nitrogens is 4. The topological polar surface area (TPSA) is 69.4 Å². The molecule has 0 aliphatic rings. The summed E-state index contributed by atoms with van der Waals surface area (Å²) in [5.41, 5.74) is 0.340. The van der Waals surface area contributed by atoms with Crippen LogP contribution in [-0.4, -0.2) is 32.7 Å². The molecule has 0 saturated heterocycles. The van der Waals surface area contributed by atoms with Crippen LogP contribution in [0.15, 0.2) is 18.6 Å². The Bertz CT molecular complexity index is 450. The first-order valence-corrected chi connectivity index (χ1v) is 3.56. The van der Waals surface area contributed by atoms with Crippen molar-refractivity contribution in [1.29, 1.82) is 0 Å². The van der Waals surface area contributed by atoms with Crippen LogP contribution in [-0.2, 0) is 4.74 Å². The number of carbonyl (C=O) groups excluding carboxylic acids is 1. The number of hydrogen-bond acceptors (Lipinski definition) is 5. The van der Waals surface area contributed by atoms with E-state index in [4.69, 9.17) is 0 Å². The number of rotatable bonds is 1. The van der Waals surface area contributed by atoms with Gasteiger partial charge in [-0.25, -0.2) is 9.78 Å². The maximum atomic E-state index is 11.2. The standard InChI is InChI=1S/C7H6N4O2/c1-13-6(12)5-4-8-7-10-9-2-3-11(5)7/h2-4H,1H3. The molecule has 6 heteroatoms. The van der Waals surface area contributed by atoms with Crippen LogP contribution in [0.3, 0.4) is 0 Å². The molecule has 0 fully saturated rings. The van der Waals surface area contributed by atoms with Gasteiger partial charge in [0.2, 0.25) is 0 Å². The molecule has 0 radical (unpaired) electrons. The van der Waals surface area contributed by atoms with Gasteiger partial charge in [0.1, 0.15) is 0 Å². The molecule has 2 aromatic heterocycles. The minimum Gasteiger partial charge on any atom is -0.464 e. The highest BCUT2D eigenvalue weighted by Gasteiger charge is 2.11. The van der Waals surface area contributed by atoms with E-state index in [0.717, 1.165) is 0 Å². The Morgan fingerprint density at radius 2 is 2.46 bits per heavy atom. The third-order valence-electron chi connectivity index (χ3n) is 1.60. The first kappa shape index (κ1) is 7.66. The quantitative estimate of drug-likeness (QED) is 0.571. The van der Waals surface area contributed by atoms with Crippen molar-refractivity contribution in [2.24, 2.45) is 0 Å². The molecule has 0 unspecified atom stereocenters. The molecule has 2 rings (SSSR count). The number of methoxy groups -OCH3 is 1. The lowest BCUT2D eigenvalue weighted by Gasteiger charge is -1.96. The monoisotopic (exact) mass is 178 g/mol. The molecule has 0 spiro atoms. The number of esters is 1. The molecule has 0 bridgehead atoms. The van der Waals surface area contributed by atoms with Gasteiger partial charge in [-0.3, -0.25) is 4.40 Å². The minimum atomic E-state index is -0.444. The number of imidazole rings is 1. The molecule has 2 aromatic rings. The van der Waals surface area contributed by atoms with Gasteiger partial charge in [-0.2, -0.15) is 5.10 Å². The van der Waals surface area contributed by atoms with Crippen LogP contribution in [0.4, 0.5) is 0 Å². The van der Waals surface area contributed by atoms with Crippen LogP contribution in [0, 0.1) is 0 Å². The third-order valence-corrected chi connectivity index (χ3v) is 1.60. The van der Waals surface area contributed by atoms with E-state index in [9.17, 15) is 4.79 Å². The lowest BCUT2D eigenvalue weighted by atomic mass is 10.5. The number of carbonyl (C=O) groups is 1. The summed E-state index contributed by atoms with van der Waals surface area (Å²) in [6.07, 6.45) is 4.47. The molecule has 0 saturated carbocycles. The van der Waals surface area contributed by atoms with Crippen molar-refractivity contribution in [3.05, 3.63) is 24.3 Å². The predicted octanol–water partition coefficient (Wildman–Crippen LogP) is -0.0891. The van der Waals surface area contributed by atoms with Crippen LogP contribution in [0.25, 0.3) is 5.78 Å². The molecular formula is C7H6N4O2. The average molecular weight is 178 g/mol. The van der Waals surface area contributed by atoms with Gasteiger partial charge in [-0.1, -0.05) is 0 Å². The summed E-state index contributed by atoms with van der Waals surface area (Å²) in [5.74, 6) is -0.0663. The molecule has 6 nitrogen and oxygen atoms in total. The molecule has 13 heavy (non-hydrogen) atoms. The highest BCUT2D eigenvalue weighted by atomic mass is 16.5. The summed E-state index contributed by atoms with van der Waals surface area (Å²) < 4.78 is 6.07. The molecule has 66 valence electrons. The van der Waals surface area contributed by atoms with Gasteiger partial charge in [-0.15, -0.1) is 5.10 Å². The summed E-state index contributed by atoms with van der Waals surface area (Å²) >= 11 is 0. The van der Waals surface area contributed by atoms with Gasteiger partial charge in [0.15, 0.2) is 5.69 Å². The highest BCUT2D eigenvalue weighted by molar-refractivity contribution is 5.87. The van der Waals surface area contributed by atoms with Crippen molar-refractivity contribution in [2.75, 3.05) is 7.11 Å². The molecule has 0 atom stereocenters. The van der Waals surface area contributed by atoms with E-state index in [2.05, 4.69) is 19.9 Å². The summed E-state index contributed by atoms with van der Waals surface area (Å²) in [7, 11) is 1.32. The molecule has 0 N–H and O–H groups in total. The average Bonchev–Trinajstić information content (AvgIpc) is 2.60. The Labute approximate surface area is 73.2 Å². The SMILES string of the molecule is COC(=O)c1cnc2nnccn12. The maximum absolute atomic E-state index is 11.2. The van der Waals surface area contributed by atoms with Crippen LogP contribution in [0.5, 0.6) is 0 Å². The predicted molar refractivity (Wildman–Crippen MR) is 42.1 cm³/mol. The lowest BCUT2D eigenvalue weighted by Crippen LogP contribution is -2.05. The Hall–Kier alpha value is -1.98. The van der Waals surface area contributed by atoms with Crippen LogP contribution >= 0.6 is 0 Å². The minimum absolute atomic E-state index is 0.340. The largest absolute Gasteiger partial charge is 0.464 e. The smallest absolute Gasteiger partial charge is 0.356 e. The zero-order valence-electron chi connectivity index (χ0n) is 6.84. The van der Waals surface area contributed by atoms with Gasteiger partial charge in [0, 0.05) is 6.20 Å². The second-order valence-electron chi connectivity index (χ2n) is 2.32. The van der Waals surface area contributed by atoms with Crippen LogP contribution in [0.2, 0.25) is 0 Å². The Morgan fingerprint density at radius 3 is 3.23 bits per heavy atom. The van der Waals surface area contributed by atoms with E-state index in [1.54, 1.807) is 6.20 Å². The molecule has 0 amide bonds. The first-order chi connectivity index (χ1) is 6.33. The van der Waals surface area contributed by atoms with E-state index in [1.165, 1.54) is 23.9 Å². The lowest BCUT2D eigenvalue weighted by molar-refractivity contribution is 0.0593. The van der Waals surface area contributed by atoms with Gasteiger partial charge in [0.25, 0.3) is 5.78 Å². The molecule has 2 heterocycles. The molecule has 0 aliphatic heterocycles. The zero-order valence-corrected chi connectivity index (χ0v) is 6.84. The van der Waals surface area contributed by atoms with Crippen LogP contribution < -0.4 is 0 Å². The molecule has 0 aromatic carbocycles. The summed E-state index contributed by atoms with van der Waals surface area (Å²) in [5, 5.41) is 7.34. The fraction of sp³-hybridized carbons (Fsp3) is 0.143. The number of fused-ring (bicyclic) bond motifs is 1. The number of hydrogen-bond donors (Lipinski definition) is 0. The van der Waals surface area contributed by atoms with Crippen molar-refractivity contribution >= 4 is 11.7 Å². The van der Waals surface area contributed by atoms with E-state index in [0.29, 0.717) is 11.5 Å². The normalized spacial score (nSPS) is 10.2. The van der Waals surface area contributed by atoms with Crippen molar-refractivity contribution in [3.63, 3.8) is 0 Å². The van der Waals surface area contributed by atoms with E-state index >= 15 is 0 Å². The second kappa shape index (κ2) is 2.81. The van der Waals surface area contributed by atoms with E-state index in [-0.39, 0.29) is 0 Å².